The van der Waals surface area contributed by atoms with Gasteiger partial charge in [-0.15, -0.1) is 0 Å². The second-order valence-corrected chi connectivity index (χ2v) is 9.03. The number of carbonyl (C=O) groups excluding carboxylic acids is 1. The van der Waals surface area contributed by atoms with Crippen LogP contribution in [0.2, 0.25) is 0 Å². The first-order valence-electron chi connectivity index (χ1n) is 11.6. The topological polar surface area (TPSA) is 78.9 Å². The molecule has 3 aromatic carbocycles. The average Bonchev–Trinajstić information content (AvgIpc) is 3.56. The molecule has 1 amide bonds. The van der Waals surface area contributed by atoms with Gasteiger partial charge in [-0.05, 0) is 59.9 Å². The summed E-state index contributed by atoms with van der Waals surface area (Å²) in [4.78, 5) is 26.3. The van der Waals surface area contributed by atoms with E-state index >= 15 is 0 Å². The number of carboxylic acids is 1. The van der Waals surface area contributed by atoms with Gasteiger partial charge in [-0.2, -0.15) is 0 Å². The van der Waals surface area contributed by atoms with Crippen LogP contribution < -0.4 is 15.0 Å². The number of nitrogens with one attached hydrogen (secondary N) is 1. The summed E-state index contributed by atoms with van der Waals surface area (Å²) in [6.07, 6.45) is 2.51. The number of carbonyl (C=O) groups is 2. The van der Waals surface area contributed by atoms with Gasteiger partial charge in [0.25, 0.3) is 0 Å². The molecule has 6 nitrogen and oxygen atoms in total. The maximum Gasteiger partial charge on any atom is 0.335 e. The standard InChI is InChI=1S/C28H28N2O4/c1-34-22-6-4-5-21(17-22)28(14-15-28)29-16-13-26(31)30-18-24(23-7-2-3-8-25(23)30)19-9-11-20(12-10-19)27(32)33/h2-12,17,24,29H,13-16,18H2,1H3,(H,32,33). The Morgan fingerprint density at radius 2 is 1.82 bits per heavy atom. The number of aromatic carboxylic acids is 1. The SMILES string of the molecule is COc1cccc(C2(NCCC(=O)N3CC(c4ccc(C(=O)O)cc4)c4ccccc43)CC2)c1. The number of hydrogen-bond donors (Lipinski definition) is 2. The summed E-state index contributed by atoms with van der Waals surface area (Å²) in [5, 5.41) is 12.8. The van der Waals surface area contributed by atoms with E-state index in [0.717, 1.165) is 35.4 Å². The molecule has 0 aromatic heterocycles. The molecule has 1 aliphatic carbocycles. The Morgan fingerprint density at radius 3 is 2.53 bits per heavy atom. The summed E-state index contributed by atoms with van der Waals surface area (Å²) in [6.45, 7) is 1.16. The maximum absolute atomic E-state index is 13.3. The average molecular weight is 457 g/mol. The number of ether oxygens (including phenoxy) is 1. The summed E-state index contributed by atoms with van der Waals surface area (Å²) >= 11 is 0. The van der Waals surface area contributed by atoms with Crippen LogP contribution in [0.15, 0.2) is 72.8 Å². The van der Waals surface area contributed by atoms with E-state index in [1.807, 2.05) is 47.4 Å². The molecule has 1 saturated carbocycles. The predicted molar refractivity (Wildman–Crippen MR) is 131 cm³/mol. The molecule has 6 heteroatoms. The Kier molecular flexibility index (Phi) is 5.84. The molecule has 5 rings (SSSR count). The zero-order valence-corrected chi connectivity index (χ0v) is 19.2. The normalized spacial score (nSPS) is 17.8. The molecule has 2 N–H and O–H groups in total. The largest absolute Gasteiger partial charge is 0.497 e. The van der Waals surface area contributed by atoms with Gasteiger partial charge >= 0.3 is 5.97 Å². The highest BCUT2D eigenvalue weighted by Crippen LogP contribution is 2.46. The number of rotatable bonds is 8. The molecule has 3 aromatic rings. The third-order valence-corrected chi connectivity index (χ3v) is 7.00. The summed E-state index contributed by atoms with van der Waals surface area (Å²) in [5.41, 5.74) is 4.46. The molecule has 0 bridgehead atoms. The van der Waals surface area contributed by atoms with Gasteiger partial charge in [0, 0.05) is 36.7 Å². The Balaban J connectivity index is 1.26. The maximum atomic E-state index is 13.3. The predicted octanol–water partition coefficient (Wildman–Crippen LogP) is 4.54. The zero-order valence-electron chi connectivity index (χ0n) is 19.2. The highest BCUT2D eigenvalue weighted by atomic mass is 16.5. The lowest BCUT2D eigenvalue weighted by molar-refractivity contribution is -0.118. The fraction of sp³-hybridized carbons (Fsp3) is 0.286. The first-order valence-corrected chi connectivity index (χ1v) is 11.6. The van der Waals surface area contributed by atoms with Crippen molar-refractivity contribution >= 4 is 17.6 Å². The number of para-hydroxylation sites is 1. The Labute approximate surface area is 199 Å². The molecular formula is C28H28N2O4. The van der Waals surface area contributed by atoms with Crippen molar-refractivity contribution in [2.75, 3.05) is 25.1 Å². The van der Waals surface area contributed by atoms with E-state index in [-0.39, 0.29) is 22.9 Å². The number of anilines is 1. The van der Waals surface area contributed by atoms with Gasteiger partial charge < -0.3 is 20.1 Å². The molecule has 1 heterocycles. The highest BCUT2D eigenvalue weighted by molar-refractivity contribution is 5.96. The zero-order chi connectivity index (χ0) is 23.7. The monoisotopic (exact) mass is 456 g/mol. The molecule has 34 heavy (non-hydrogen) atoms. The number of hydrogen-bond acceptors (Lipinski definition) is 4. The summed E-state index contributed by atoms with van der Waals surface area (Å²) in [6, 6.07) is 23.1. The van der Waals surface area contributed by atoms with Crippen LogP contribution in [0, 0.1) is 0 Å². The number of fused-ring (bicyclic) bond motifs is 1. The van der Waals surface area contributed by atoms with Gasteiger partial charge in [-0.25, -0.2) is 4.79 Å². The Bertz CT molecular complexity index is 1220. The number of carboxylic acid groups (broad SMARTS) is 1. The van der Waals surface area contributed by atoms with E-state index in [9.17, 15) is 14.7 Å². The first kappa shape index (κ1) is 22.2. The van der Waals surface area contributed by atoms with Crippen LogP contribution >= 0.6 is 0 Å². The quantitative estimate of drug-likeness (QED) is 0.520. The molecule has 1 unspecified atom stereocenters. The fourth-order valence-electron chi connectivity index (χ4n) is 4.94. The van der Waals surface area contributed by atoms with Gasteiger partial charge in [-0.3, -0.25) is 4.79 Å². The van der Waals surface area contributed by atoms with E-state index in [4.69, 9.17) is 4.74 Å². The molecule has 174 valence electrons. The summed E-state index contributed by atoms with van der Waals surface area (Å²) in [7, 11) is 1.67. The van der Waals surface area contributed by atoms with Crippen molar-refractivity contribution in [1.29, 1.82) is 0 Å². The molecule has 0 spiro atoms. The van der Waals surface area contributed by atoms with Crippen LogP contribution in [0.1, 0.15) is 52.2 Å². The number of methoxy groups -OCH3 is 1. The minimum absolute atomic E-state index is 0.0301. The molecule has 2 aliphatic rings. The minimum atomic E-state index is -0.940. The van der Waals surface area contributed by atoms with Gasteiger partial charge in [0.05, 0.1) is 12.7 Å². The van der Waals surface area contributed by atoms with Crippen LogP contribution in [-0.2, 0) is 10.3 Å². The van der Waals surface area contributed by atoms with Crippen LogP contribution in [0.4, 0.5) is 5.69 Å². The van der Waals surface area contributed by atoms with Crippen molar-refractivity contribution in [2.45, 2.75) is 30.7 Å². The number of nitrogens with zero attached hydrogens (tertiary/aromatic N) is 1. The molecule has 1 aliphatic heterocycles. The smallest absolute Gasteiger partial charge is 0.335 e. The molecule has 0 radical (unpaired) electrons. The van der Waals surface area contributed by atoms with Crippen LogP contribution in [-0.4, -0.2) is 37.2 Å². The number of benzene rings is 3. The third-order valence-electron chi connectivity index (χ3n) is 7.00. The van der Waals surface area contributed by atoms with Crippen LogP contribution in [0.25, 0.3) is 0 Å². The van der Waals surface area contributed by atoms with E-state index in [1.54, 1.807) is 19.2 Å². The van der Waals surface area contributed by atoms with Crippen molar-refractivity contribution in [3.63, 3.8) is 0 Å². The van der Waals surface area contributed by atoms with Crippen molar-refractivity contribution in [1.82, 2.24) is 5.32 Å². The fourth-order valence-corrected chi connectivity index (χ4v) is 4.94. The van der Waals surface area contributed by atoms with Crippen LogP contribution in [0.5, 0.6) is 5.75 Å². The van der Waals surface area contributed by atoms with E-state index in [1.165, 1.54) is 5.56 Å². The molecule has 0 saturated heterocycles. The van der Waals surface area contributed by atoms with Gasteiger partial charge in [-0.1, -0.05) is 42.5 Å². The first-order chi connectivity index (χ1) is 16.5. The lowest BCUT2D eigenvalue weighted by atomic mass is 9.92. The van der Waals surface area contributed by atoms with Crippen molar-refractivity contribution in [3.8, 4) is 5.75 Å². The second kappa shape index (κ2) is 8.95. The van der Waals surface area contributed by atoms with Crippen molar-refractivity contribution in [2.24, 2.45) is 0 Å². The van der Waals surface area contributed by atoms with Gasteiger partial charge in [0.1, 0.15) is 5.75 Å². The summed E-state index contributed by atoms with van der Waals surface area (Å²) in [5.74, 6) is 0.0244. The third kappa shape index (κ3) is 4.17. The molecule has 1 fully saturated rings. The Hall–Kier alpha value is -3.64. The highest BCUT2D eigenvalue weighted by Gasteiger charge is 2.44. The Morgan fingerprint density at radius 1 is 1.06 bits per heavy atom. The van der Waals surface area contributed by atoms with Crippen LogP contribution in [0.3, 0.4) is 0 Å². The van der Waals surface area contributed by atoms with E-state index in [0.29, 0.717) is 19.5 Å². The lowest BCUT2D eigenvalue weighted by Gasteiger charge is -2.21. The minimum Gasteiger partial charge on any atom is -0.497 e. The molecule has 1 atom stereocenters. The second-order valence-electron chi connectivity index (χ2n) is 9.03. The van der Waals surface area contributed by atoms with Gasteiger partial charge in [0.15, 0.2) is 0 Å². The van der Waals surface area contributed by atoms with Crippen molar-refractivity contribution in [3.05, 3.63) is 95.1 Å². The molecular weight excluding hydrogens is 428 g/mol. The summed E-state index contributed by atoms with van der Waals surface area (Å²) < 4.78 is 5.37. The van der Waals surface area contributed by atoms with E-state index in [2.05, 4.69) is 23.5 Å². The number of amides is 1. The van der Waals surface area contributed by atoms with E-state index < -0.39 is 5.97 Å². The van der Waals surface area contributed by atoms with Crippen molar-refractivity contribution < 1.29 is 19.4 Å². The lowest BCUT2D eigenvalue weighted by Crippen LogP contribution is -2.35. The van der Waals surface area contributed by atoms with Gasteiger partial charge in [0.2, 0.25) is 5.91 Å².